The zero-order valence-electron chi connectivity index (χ0n) is 6.61. The van der Waals surface area contributed by atoms with Gasteiger partial charge < -0.3 is 0 Å². The second-order valence-electron chi connectivity index (χ2n) is 2.55. The van der Waals surface area contributed by atoms with E-state index in [2.05, 4.69) is 0 Å². The van der Waals surface area contributed by atoms with Crippen LogP contribution in [0.3, 0.4) is 0 Å². The monoisotopic (exact) mass is 216 g/mol. The van der Waals surface area contributed by atoms with E-state index in [1.54, 1.807) is 5.10 Å². The van der Waals surface area contributed by atoms with Crippen molar-refractivity contribution >= 4 is 0 Å². The van der Waals surface area contributed by atoms with Crippen LogP contribution in [0.4, 0.5) is 22.0 Å². The smallest absolute Gasteiger partial charge is 0.294 e. The molecule has 0 aliphatic carbocycles. The van der Waals surface area contributed by atoms with Crippen LogP contribution in [0.25, 0.3) is 0 Å². The molecule has 8 heteroatoms. The van der Waals surface area contributed by atoms with Crippen LogP contribution in [-0.4, -0.2) is 16.0 Å². The van der Waals surface area contributed by atoms with Gasteiger partial charge >= 0.3 is 6.18 Å². The summed E-state index contributed by atoms with van der Waals surface area (Å²) in [5.74, 6) is 0. The van der Waals surface area contributed by atoms with E-state index in [-0.39, 0.29) is 4.68 Å². The molecule has 1 rings (SSSR count). The van der Waals surface area contributed by atoms with Crippen molar-refractivity contribution in [2.75, 3.05) is 0 Å². The highest BCUT2D eigenvalue weighted by atomic mass is 19.4. The van der Waals surface area contributed by atoms with Gasteiger partial charge in [-0.15, -0.1) is 0 Å². The molecule has 0 radical (unpaired) electrons. The average molecular weight is 216 g/mol. The fourth-order valence-electron chi connectivity index (χ4n) is 0.863. The lowest BCUT2D eigenvalue weighted by Crippen LogP contribution is -2.26. The highest BCUT2D eigenvalue weighted by Gasteiger charge is 2.29. The fourth-order valence-corrected chi connectivity index (χ4v) is 0.863. The van der Waals surface area contributed by atoms with Gasteiger partial charge in [0.2, 0.25) is 0 Å². The van der Waals surface area contributed by atoms with Crippen molar-refractivity contribution in [3.63, 3.8) is 0 Å². The molecule has 0 atom stereocenters. The third-order valence-corrected chi connectivity index (χ3v) is 1.38. The summed E-state index contributed by atoms with van der Waals surface area (Å²) in [5, 5.41) is 1.67. The molecule has 0 aliphatic rings. The Morgan fingerprint density at radius 2 is 2.00 bits per heavy atom. The van der Waals surface area contributed by atoms with Crippen molar-refractivity contribution in [2.45, 2.75) is 19.1 Å². The van der Waals surface area contributed by atoms with Crippen LogP contribution in [0.15, 0.2) is 10.9 Å². The van der Waals surface area contributed by atoms with E-state index in [4.69, 9.17) is 0 Å². The molecule has 1 aromatic rings. The van der Waals surface area contributed by atoms with Crippen LogP contribution in [0, 0.1) is 0 Å². The Hall–Kier alpha value is -1.34. The van der Waals surface area contributed by atoms with Gasteiger partial charge in [0.25, 0.3) is 12.0 Å². The average Bonchev–Trinajstić information content (AvgIpc) is 2.29. The summed E-state index contributed by atoms with van der Waals surface area (Å²) in [6, 6.07) is 0.441. The first-order valence-corrected chi connectivity index (χ1v) is 3.44. The minimum Gasteiger partial charge on any atom is -0.294 e. The van der Waals surface area contributed by atoms with Crippen molar-refractivity contribution < 1.29 is 22.0 Å². The predicted octanol–water partition coefficient (Wildman–Crippen LogP) is 1.68. The Balaban J connectivity index is 2.94. The van der Waals surface area contributed by atoms with Crippen molar-refractivity contribution in [1.29, 1.82) is 0 Å². The number of H-pyrrole nitrogens is 1. The maximum Gasteiger partial charge on any atom is 0.408 e. The van der Waals surface area contributed by atoms with E-state index in [1.165, 1.54) is 0 Å². The first-order valence-electron chi connectivity index (χ1n) is 3.44. The van der Waals surface area contributed by atoms with E-state index in [0.717, 1.165) is 0 Å². The molecular formula is C6H5F5N2O. The number of nitrogens with zero attached hydrogens (tertiary/aromatic N) is 1. The second kappa shape index (κ2) is 3.43. The molecular weight excluding hydrogens is 211 g/mol. The number of nitrogens with one attached hydrogen (secondary N) is 1. The first kappa shape index (κ1) is 10.7. The van der Waals surface area contributed by atoms with Crippen molar-refractivity contribution in [2.24, 2.45) is 0 Å². The number of hydrogen-bond acceptors (Lipinski definition) is 1. The van der Waals surface area contributed by atoms with Gasteiger partial charge in [-0.25, -0.2) is 13.5 Å². The van der Waals surface area contributed by atoms with Gasteiger partial charge in [-0.05, 0) is 0 Å². The predicted molar refractivity (Wildman–Crippen MR) is 36.1 cm³/mol. The number of halogens is 5. The third kappa shape index (κ3) is 2.57. The van der Waals surface area contributed by atoms with Crippen LogP contribution in [0.5, 0.6) is 0 Å². The first-order chi connectivity index (χ1) is 6.29. The van der Waals surface area contributed by atoms with E-state index < -0.39 is 30.4 Å². The van der Waals surface area contributed by atoms with Gasteiger partial charge in [-0.3, -0.25) is 9.89 Å². The molecule has 0 bridgehead atoms. The van der Waals surface area contributed by atoms with E-state index in [9.17, 15) is 26.7 Å². The summed E-state index contributed by atoms with van der Waals surface area (Å²) in [5.41, 5.74) is -1.95. The standard InChI is InChI=1S/C6H5F5N2O/c7-5(8)3-1-4(14)13(12-3)2-6(9,10)11/h1,5,12H,2H2. The molecule has 0 unspecified atom stereocenters. The van der Waals surface area contributed by atoms with Crippen molar-refractivity contribution in [3.05, 3.63) is 22.1 Å². The van der Waals surface area contributed by atoms with Crippen molar-refractivity contribution in [3.8, 4) is 0 Å². The van der Waals surface area contributed by atoms with Crippen molar-refractivity contribution in [1.82, 2.24) is 9.78 Å². The summed E-state index contributed by atoms with van der Waals surface area (Å²) in [4.78, 5) is 10.7. The number of alkyl halides is 5. The Labute approximate surface area is 74.1 Å². The molecule has 14 heavy (non-hydrogen) atoms. The van der Waals surface area contributed by atoms with Gasteiger partial charge in [-0.2, -0.15) is 13.2 Å². The lowest BCUT2D eigenvalue weighted by molar-refractivity contribution is -0.143. The van der Waals surface area contributed by atoms with Crippen LogP contribution in [-0.2, 0) is 6.54 Å². The van der Waals surface area contributed by atoms with Gasteiger partial charge in [0.05, 0.1) is 0 Å². The molecule has 1 aromatic heterocycles. The van der Waals surface area contributed by atoms with E-state index >= 15 is 0 Å². The van der Waals surface area contributed by atoms with Crippen LogP contribution < -0.4 is 5.56 Å². The topological polar surface area (TPSA) is 37.8 Å². The summed E-state index contributed by atoms with van der Waals surface area (Å²) in [7, 11) is 0. The lowest BCUT2D eigenvalue weighted by Gasteiger charge is -2.05. The molecule has 1 heterocycles. The Kier molecular flexibility index (Phi) is 2.63. The molecule has 1 N–H and O–H groups in total. The molecule has 0 spiro atoms. The molecule has 80 valence electrons. The molecule has 0 fully saturated rings. The quantitative estimate of drug-likeness (QED) is 0.750. The number of aromatic nitrogens is 2. The Morgan fingerprint density at radius 3 is 2.36 bits per heavy atom. The fraction of sp³-hybridized carbons (Fsp3) is 0.500. The SMILES string of the molecule is O=c1cc(C(F)F)[nH]n1CC(F)(F)F. The maximum atomic E-state index is 11.9. The highest BCUT2D eigenvalue weighted by Crippen LogP contribution is 2.18. The summed E-state index contributed by atoms with van der Waals surface area (Å²) in [6.07, 6.45) is -7.61. The molecule has 0 amide bonds. The number of rotatable bonds is 2. The third-order valence-electron chi connectivity index (χ3n) is 1.38. The minimum atomic E-state index is -4.62. The van der Waals surface area contributed by atoms with Gasteiger partial charge in [0.15, 0.2) is 0 Å². The molecule has 0 aliphatic heterocycles. The maximum absolute atomic E-state index is 11.9. The molecule has 0 aromatic carbocycles. The molecule has 3 nitrogen and oxygen atoms in total. The zero-order valence-corrected chi connectivity index (χ0v) is 6.61. The second-order valence-corrected chi connectivity index (χ2v) is 2.55. The normalized spacial score (nSPS) is 12.4. The number of aromatic amines is 1. The number of hydrogen-bond donors (Lipinski definition) is 1. The van der Waals surface area contributed by atoms with Gasteiger partial charge in [0, 0.05) is 6.07 Å². The summed E-state index contributed by atoms with van der Waals surface area (Å²) >= 11 is 0. The zero-order chi connectivity index (χ0) is 10.9. The van der Waals surface area contributed by atoms with Gasteiger partial charge in [-0.1, -0.05) is 0 Å². The van der Waals surface area contributed by atoms with E-state index in [0.29, 0.717) is 6.07 Å². The molecule has 0 saturated heterocycles. The summed E-state index contributed by atoms with van der Waals surface area (Å²) in [6.45, 7) is -1.60. The Morgan fingerprint density at radius 1 is 1.43 bits per heavy atom. The lowest BCUT2D eigenvalue weighted by atomic mass is 10.5. The van der Waals surface area contributed by atoms with E-state index in [1.807, 2.05) is 0 Å². The Bertz CT molecular complexity index is 363. The van der Waals surface area contributed by atoms with Crippen LogP contribution >= 0.6 is 0 Å². The minimum absolute atomic E-state index is 0.0848. The largest absolute Gasteiger partial charge is 0.408 e. The van der Waals surface area contributed by atoms with Crippen LogP contribution in [0.2, 0.25) is 0 Å². The van der Waals surface area contributed by atoms with Crippen LogP contribution in [0.1, 0.15) is 12.1 Å². The molecule has 0 saturated carbocycles. The van der Waals surface area contributed by atoms with Gasteiger partial charge in [0.1, 0.15) is 12.2 Å². The highest BCUT2D eigenvalue weighted by molar-refractivity contribution is 5.00. The summed E-state index contributed by atoms with van der Waals surface area (Å²) < 4.78 is 59.2.